The molecule has 150 valence electrons. The number of hydrogen-bond acceptors (Lipinski definition) is 7. The van der Waals surface area contributed by atoms with Gasteiger partial charge in [0.05, 0.1) is 15.1 Å². The predicted molar refractivity (Wildman–Crippen MR) is 108 cm³/mol. The van der Waals surface area contributed by atoms with E-state index in [4.69, 9.17) is 0 Å². The average molecular weight is 442 g/mol. The minimum absolute atomic E-state index is 0.122. The molecule has 1 saturated heterocycles. The minimum Gasteiger partial charge on any atom is -0.316 e. The maximum absolute atomic E-state index is 12.4. The zero-order valence-corrected chi connectivity index (χ0v) is 17.8. The first-order chi connectivity index (χ1) is 13.2. The molecule has 0 radical (unpaired) electrons. The lowest BCUT2D eigenvalue weighted by molar-refractivity contribution is -0.141. The van der Waals surface area contributed by atoms with Crippen LogP contribution >= 0.6 is 23.1 Å². The van der Waals surface area contributed by atoms with E-state index in [0.717, 1.165) is 22.4 Å². The van der Waals surface area contributed by atoms with Crippen LogP contribution in [0.4, 0.5) is 0 Å². The third-order valence-corrected chi connectivity index (χ3v) is 7.01. The van der Waals surface area contributed by atoms with Crippen molar-refractivity contribution in [1.82, 2.24) is 9.47 Å². The van der Waals surface area contributed by atoms with Gasteiger partial charge in [-0.1, -0.05) is 11.3 Å². The van der Waals surface area contributed by atoms with E-state index in [9.17, 15) is 22.8 Å². The van der Waals surface area contributed by atoms with Crippen LogP contribution in [0.3, 0.4) is 0 Å². The summed E-state index contributed by atoms with van der Waals surface area (Å²) in [6.07, 6.45) is 3.35. The molecule has 8 nitrogen and oxygen atoms in total. The molecular formula is C17H19N3O5S3. The van der Waals surface area contributed by atoms with Crippen LogP contribution in [0.15, 0.2) is 28.1 Å². The summed E-state index contributed by atoms with van der Waals surface area (Å²) >= 11 is 2.84. The largest absolute Gasteiger partial charge is 0.316 e. The molecule has 0 N–H and O–H groups in total. The fourth-order valence-corrected chi connectivity index (χ4v) is 5.04. The molecule has 0 atom stereocenters. The highest BCUT2D eigenvalue weighted by Crippen LogP contribution is 2.22. The van der Waals surface area contributed by atoms with E-state index in [0.29, 0.717) is 16.0 Å². The Morgan fingerprint density at radius 2 is 1.93 bits per heavy atom. The molecule has 0 aliphatic carbocycles. The zero-order valence-electron chi connectivity index (χ0n) is 15.4. The van der Waals surface area contributed by atoms with Crippen molar-refractivity contribution < 1.29 is 22.8 Å². The van der Waals surface area contributed by atoms with Gasteiger partial charge in [-0.2, -0.15) is 16.8 Å². The van der Waals surface area contributed by atoms with Gasteiger partial charge in [0.2, 0.25) is 11.8 Å². The van der Waals surface area contributed by atoms with Crippen molar-refractivity contribution in [2.24, 2.45) is 4.99 Å². The molecule has 1 aliphatic heterocycles. The van der Waals surface area contributed by atoms with Gasteiger partial charge in [0.25, 0.3) is 5.91 Å². The standard InChI is InChI=1S/C17H19N3O5S3/c1-26-8-7-19-12-4-3-11(28(2,24)25)9-13(12)27-17(19)18-14(21)10-20-15(22)5-6-16(20)23/h3-4,9H,5-8,10H2,1-2H3. The number of carbonyl (C=O) groups excluding carboxylic acids is 3. The molecular weight excluding hydrogens is 422 g/mol. The lowest BCUT2D eigenvalue weighted by Crippen LogP contribution is -2.34. The van der Waals surface area contributed by atoms with Crippen LogP contribution in [-0.2, 0) is 30.8 Å². The summed E-state index contributed by atoms with van der Waals surface area (Å²) in [5, 5.41) is 0. The summed E-state index contributed by atoms with van der Waals surface area (Å²) in [5.41, 5.74) is 0.784. The van der Waals surface area contributed by atoms with Gasteiger partial charge in [0, 0.05) is 31.4 Å². The Bertz CT molecular complexity index is 1110. The summed E-state index contributed by atoms with van der Waals surface area (Å²) in [6.45, 7) is 0.218. The summed E-state index contributed by atoms with van der Waals surface area (Å²) in [4.78, 5) is 41.4. The molecule has 2 heterocycles. The van der Waals surface area contributed by atoms with E-state index in [1.807, 2.05) is 10.8 Å². The van der Waals surface area contributed by atoms with Gasteiger partial charge in [-0.15, -0.1) is 0 Å². The lowest BCUT2D eigenvalue weighted by Gasteiger charge is -2.10. The second-order valence-corrected chi connectivity index (χ2v) is 10.3. The number of rotatable bonds is 6. The first-order valence-corrected chi connectivity index (χ1v) is 12.5. The average Bonchev–Trinajstić information content (AvgIpc) is 3.12. The van der Waals surface area contributed by atoms with E-state index in [1.165, 1.54) is 17.4 Å². The molecule has 28 heavy (non-hydrogen) atoms. The van der Waals surface area contributed by atoms with Crippen LogP contribution in [0.25, 0.3) is 10.2 Å². The number of aromatic nitrogens is 1. The normalized spacial score (nSPS) is 15.8. The van der Waals surface area contributed by atoms with Crippen LogP contribution in [0.1, 0.15) is 12.8 Å². The number of amides is 3. The molecule has 3 amide bonds. The molecule has 3 rings (SSSR count). The second kappa shape index (κ2) is 8.18. The topological polar surface area (TPSA) is 106 Å². The molecule has 0 spiro atoms. The van der Waals surface area contributed by atoms with Crippen LogP contribution in [0.5, 0.6) is 0 Å². The Morgan fingerprint density at radius 1 is 1.25 bits per heavy atom. The maximum Gasteiger partial charge on any atom is 0.268 e. The first kappa shape index (κ1) is 20.7. The van der Waals surface area contributed by atoms with Crippen molar-refractivity contribution in [3.05, 3.63) is 23.0 Å². The third kappa shape index (κ3) is 4.36. The van der Waals surface area contributed by atoms with Gasteiger partial charge in [0.1, 0.15) is 6.54 Å². The molecule has 0 bridgehead atoms. The first-order valence-electron chi connectivity index (χ1n) is 8.44. The SMILES string of the molecule is CSCCn1c(=NC(=O)CN2C(=O)CCC2=O)sc2cc(S(C)(=O)=O)ccc21. The van der Waals surface area contributed by atoms with E-state index in [2.05, 4.69) is 4.99 Å². The van der Waals surface area contributed by atoms with Gasteiger partial charge >= 0.3 is 0 Å². The highest BCUT2D eigenvalue weighted by atomic mass is 32.2. The Morgan fingerprint density at radius 3 is 2.54 bits per heavy atom. The summed E-state index contributed by atoms with van der Waals surface area (Å²) in [6, 6.07) is 4.81. The number of aryl methyl sites for hydroxylation is 1. The summed E-state index contributed by atoms with van der Waals surface area (Å²) in [5.74, 6) is -0.531. The monoisotopic (exact) mass is 441 g/mol. The second-order valence-electron chi connectivity index (χ2n) is 6.31. The minimum atomic E-state index is -3.35. The Hall–Kier alpha value is -1.98. The number of likely N-dealkylation sites (tertiary alicyclic amines) is 1. The molecule has 1 fully saturated rings. The van der Waals surface area contributed by atoms with Crippen LogP contribution < -0.4 is 4.80 Å². The summed E-state index contributed by atoms with van der Waals surface area (Å²) in [7, 11) is -3.35. The molecule has 0 unspecified atom stereocenters. The maximum atomic E-state index is 12.4. The van der Waals surface area contributed by atoms with E-state index < -0.39 is 15.7 Å². The zero-order chi connectivity index (χ0) is 20.5. The quantitative estimate of drug-likeness (QED) is 0.620. The van der Waals surface area contributed by atoms with Crippen molar-refractivity contribution in [2.75, 3.05) is 24.8 Å². The van der Waals surface area contributed by atoms with Crippen molar-refractivity contribution in [1.29, 1.82) is 0 Å². The third-order valence-electron chi connectivity index (χ3n) is 4.27. The van der Waals surface area contributed by atoms with Gasteiger partial charge in [-0.3, -0.25) is 19.3 Å². The van der Waals surface area contributed by atoms with E-state index in [1.54, 1.807) is 23.9 Å². The number of thioether (sulfide) groups is 1. The van der Waals surface area contributed by atoms with Crippen molar-refractivity contribution in [2.45, 2.75) is 24.3 Å². The fourth-order valence-electron chi connectivity index (χ4n) is 2.84. The molecule has 1 aromatic carbocycles. The Labute approximate surface area is 170 Å². The van der Waals surface area contributed by atoms with Crippen molar-refractivity contribution in [3.63, 3.8) is 0 Å². The number of benzene rings is 1. The molecule has 2 aromatic rings. The highest BCUT2D eigenvalue weighted by Gasteiger charge is 2.30. The Balaban J connectivity index is 2.02. The summed E-state index contributed by atoms with van der Waals surface area (Å²) < 4.78 is 26.2. The van der Waals surface area contributed by atoms with Crippen LogP contribution in [0, 0.1) is 0 Å². The van der Waals surface area contributed by atoms with Gasteiger partial charge in [-0.25, -0.2) is 8.42 Å². The van der Waals surface area contributed by atoms with Crippen molar-refractivity contribution in [3.8, 4) is 0 Å². The number of sulfone groups is 1. The van der Waals surface area contributed by atoms with Gasteiger partial charge in [-0.05, 0) is 24.5 Å². The smallest absolute Gasteiger partial charge is 0.268 e. The number of carbonyl (C=O) groups is 3. The number of hydrogen-bond donors (Lipinski definition) is 0. The van der Waals surface area contributed by atoms with Crippen molar-refractivity contribution >= 4 is 60.9 Å². The fraction of sp³-hybridized carbons (Fsp3) is 0.412. The van der Waals surface area contributed by atoms with Gasteiger partial charge in [0.15, 0.2) is 14.6 Å². The van der Waals surface area contributed by atoms with E-state index >= 15 is 0 Å². The van der Waals surface area contributed by atoms with E-state index in [-0.39, 0.29) is 36.1 Å². The Kier molecular flexibility index (Phi) is 6.06. The van der Waals surface area contributed by atoms with Gasteiger partial charge < -0.3 is 4.57 Å². The molecule has 11 heteroatoms. The lowest BCUT2D eigenvalue weighted by atomic mass is 10.3. The van der Waals surface area contributed by atoms with Crippen LogP contribution in [-0.4, -0.2) is 60.4 Å². The number of fused-ring (bicyclic) bond motifs is 1. The number of imide groups is 1. The molecule has 1 aliphatic rings. The highest BCUT2D eigenvalue weighted by molar-refractivity contribution is 7.98. The molecule has 0 saturated carbocycles. The predicted octanol–water partition coefficient (Wildman–Crippen LogP) is 1.05. The molecule has 1 aromatic heterocycles. The number of nitrogens with zero attached hydrogens (tertiary/aromatic N) is 3. The van der Waals surface area contributed by atoms with Crippen LogP contribution in [0.2, 0.25) is 0 Å². The number of thiazole rings is 1.